The average Bonchev–Trinajstić information content (AvgIpc) is 3.32. The highest BCUT2D eigenvalue weighted by atomic mass is 16.3. The first-order chi connectivity index (χ1) is 13.1. The number of anilines is 1. The number of aromatic nitrogens is 2. The van der Waals surface area contributed by atoms with Crippen LogP contribution < -0.4 is 10.2 Å². The normalized spacial score (nSPS) is 16.7. The van der Waals surface area contributed by atoms with Crippen LogP contribution in [0.1, 0.15) is 26.0 Å². The van der Waals surface area contributed by atoms with E-state index in [0.717, 1.165) is 36.8 Å². The summed E-state index contributed by atoms with van der Waals surface area (Å²) in [7, 11) is 1.85. The number of aliphatic imine (C=N–C) groups is 1. The van der Waals surface area contributed by atoms with Crippen LogP contribution in [0.15, 0.2) is 40.2 Å². The van der Waals surface area contributed by atoms with Gasteiger partial charge in [0.15, 0.2) is 5.96 Å². The minimum atomic E-state index is 0.0546. The maximum atomic E-state index is 12.7. The highest BCUT2D eigenvalue weighted by molar-refractivity contribution is 5.98. The minimum absolute atomic E-state index is 0.0546. The molecular formula is C19H28N6O2. The Morgan fingerprint density at radius 2 is 2.30 bits per heavy atom. The topological polar surface area (TPSA) is 78.9 Å². The molecule has 0 radical (unpaired) electrons. The van der Waals surface area contributed by atoms with Gasteiger partial charge in [-0.15, -0.1) is 0 Å². The maximum Gasteiger partial charge on any atom is 0.246 e. The van der Waals surface area contributed by atoms with Crippen molar-refractivity contribution in [3.63, 3.8) is 0 Å². The Kier molecular flexibility index (Phi) is 6.16. The lowest BCUT2D eigenvalue weighted by Gasteiger charge is -2.36. The van der Waals surface area contributed by atoms with Crippen LogP contribution in [0.5, 0.6) is 0 Å². The van der Waals surface area contributed by atoms with Crippen molar-refractivity contribution >= 4 is 17.6 Å². The zero-order valence-electron chi connectivity index (χ0n) is 16.3. The molecule has 1 atom stereocenters. The van der Waals surface area contributed by atoms with Gasteiger partial charge in [-0.25, -0.2) is 0 Å². The van der Waals surface area contributed by atoms with Crippen molar-refractivity contribution in [2.75, 3.05) is 31.1 Å². The highest BCUT2D eigenvalue weighted by Crippen LogP contribution is 2.16. The van der Waals surface area contributed by atoms with Crippen LogP contribution in [0.4, 0.5) is 5.69 Å². The van der Waals surface area contributed by atoms with E-state index in [-0.39, 0.29) is 5.91 Å². The molecule has 146 valence electrons. The van der Waals surface area contributed by atoms with Crippen LogP contribution in [-0.2, 0) is 18.3 Å². The fourth-order valence-electron chi connectivity index (χ4n) is 2.96. The van der Waals surface area contributed by atoms with Crippen molar-refractivity contribution in [1.82, 2.24) is 20.0 Å². The van der Waals surface area contributed by atoms with Crippen LogP contribution in [0.3, 0.4) is 0 Å². The number of hydrogen-bond donors (Lipinski definition) is 1. The molecule has 0 saturated carbocycles. The summed E-state index contributed by atoms with van der Waals surface area (Å²) >= 11 is 0. The van der Waals surface area contributed by atoms with Crippen molar-refractivity contribution in [3.8, 4) is 0 Å². The Bertz CT molecular complexity index is 767. The predicted molar refractivity (Wildman–Crippen MR) is 105 cm³/mol. The molecule has 1 aliphatic rings. The number of nitrogens with one attached hydrogen (secondary N) is 1. The first-order valence-electron chi connectivity index (χ1n) is 9.44. The molecule has 0 bridgehead atoms. The van der Waals surface area contributed by atoms with Gasteiger partial charge < -0.3 is 19.5 Å². The molecule has 1 aliphatic heterocycles. The zero-order chi connectivity index (χ0) is 19.2. The molecule has 3 heterocycles. The molecule has 2 aromatic heterocycles. The Morgan fingerprint density at radius 1 is 1.44 bits per heavy atom. The fraction of sp³-hybridized carbons (Fsp3) is 0.526. The van der Waals surface area contributed by atoms with Crippen molar-refractivity contribution in [2.24, 2.45) is 12.0 Å². The maximum absolute atomic E-state index is 12.7. The van der Waals surface area contributed by atoms with Gasteiger partial charge in [-0.05, 0) is 25.5 Å². The Labute approximate surface area is 159 Å². The molecule has 27 heavy (non-hydrogen) atoms. The average molecular weight is 372 g/mol. The van der Waals surface area contributed by atoms with Crippen molar-refractivity contribution < 1.29 is 9.21 Å². The molecule has 8 heteroatoms. The van der Waals surface area contributed by atoms with Gasteiger partial charge in [-0.2, -0.15) is 5.10 Å². The zero-order valence-corrected chi connectivity index (χ0v) is 16.3. The van der Waals surface area contributed by atoms with Crippen molar-refractivity contribution in [1.29, 1.82) is 0 Å². The summed E-state index contributed by atoms with van der Waals surface area (Å²) in [4.78, 5) is 21.2. The number of furan rings is 1. The minimum Gasteiger partial charge on any atom is -0.469 e. The van der Waals surface area contributed by atoms with Crippen molar-refractivity contribution in [3.05, 3.63) is 36.5 Å². The molecule has 1 unspecified atom stereocenters. The molecule has 8 nitrogen and oxygen atoms in total. The number of rotatable bonds is 6. The van der Waals surface area contributed by atoms with Crippen molar-refractivity contribution in [2.45, 2.75) is 32.7 Å². The van der Waals surface area contributed by atoms with E-state index in [4.69, 9.17) is 9.41 Å². The molecule has 1 amide bonds. The van der Waals surface area contributed by atoms with Gasteiger partial charge in [-0.1, -0.05) is 6.92 Å². The SMILES string of the molecule is CCC(C)NC(=NCCc1ccco1)N1CCN(c2cnn(C)c2)C(=O)C1. The number of aryl methyl sites for hydroxylation is 1. The number of hydrogen-bond acceptors (Lipinski definition) is 4. The van der Waals surface area contributed by atoms with Gasteiger partial charge >= 0.3 is 0 Å². The lowest BCUT2D eigenvalue weighted by molar-refractivity contribution is -0.120. The van der Waals surface area contributed by atoms with E-state index < -0.39 is 0 Å². The van der Waals surface area contributed by atoms with Gasteiger partial charge in [-0.3, -0.25) is 14.5 Å². The van der Waals surface area contributed by atoms with E-state index >= 15 is 0 Å². The molecule has 1 N–H and O–H groups in total. The monoisotopic (exact) mass is 372 g/mol. The van der Waals surface area contributed by atoms with Gasteiger partial charge in [0.05, 0.1) is 18.1 Å². The highest BCUT2D eigenvalue weighted by Gasteiger charge is 2.28. The summed E-state index contributed by atoms with van der Waals surface area (Å²) < 4.78 is 7.08. The quantitative estimate of drug-likeness (QED) is 0.616. The number of guanidine groups is 1. The molecule has 0 spiro atoms. The summed E-state index contributed by atoms with van der Waals surface area (Å²) in [6.07, 6.45) is 6.99. The molecule has 0 aromatic carbocycles. The van der Waals surface area contributed by atoms with Crippen LogP contribution in [0.25, 0.3) is 0 Å². The number of piperazine rings is 1. The number of nitrogens with zero attached hydrogens (tertiary/aromatic N) is 5. The summed E-state index contributed by atoms with van der Waals surface area (Å²) in [6.45, 7) is 6.51. The Hall–Kier alpha value is -2.77. The van der Waals surface area contributed by atoms with E-state index in [2.05, 4.69) is 24.3 Å². The summed E-state index contributed by atoms with van der Waals surface area (Å²) in [5, 5.41) is 7.61. The first-order valence-corrected chi connectivity index (χ1v) is 9.44. The van der Waals surface area contributed by atoms with E-state index in [1.165, 1.54) is 0 Å². The molecule has 3 rings (SSSR count). The number of amides is 1. The summed E-state index contributed by atoms with van der Waals surface area (Å²) in [5.41, 5.74) is 0.841. The van der Waals surface area contributed by atoms with Gasteiger partial charge in [0, 0.05) is 45.3 Å². The molecule has 2 aromatic rings. The largest absolute Gasteiger partial charge is 0.469 e. The lowest BCUT2D eigenvalue weighted by atomic mass is 10.2. The second-order valence-corrected chi connectivity index (χ2v) is 6.83. The molecule has 0 aliphatic carbocycles. The third kappa shape index (κ3) is 4.90. The lowest BCUT2D eigenvalue weighted by Crippen LogP contribution is -2.56. The van der Waals surface area contributed by atoms with E-state index in [1.54, 1.807) is 22.0 Å². The second-order valence-electron chi connectivity index (χ2n) is 6.83. The van der Waals surface area contributed by atoms with Crippen LogP contribution >= 0.6 is 0 Å². The first kappa shape index (κ1) is 19.0. The molecule has 1 saturated heterocycles. The van der Waals surface area contributed by atoms with Crippen LogP contribution in [0.2, 0.25) is 0 Å². The molecule has 1 fully saturated rings. The number of carbonyl (C=O) groups excluding carboxylic acids is 1. The Morgan fingerprint density at radius 3 is 2.93 bits per heavy atom. The summed E-state index contributed by atoms with van der Waals surface area (Å²) in [5.74, 6) is 1.76. The predicted octanol–water partition coefficient (Wildman–Crippen LogP) is 1.65. The standard InChI is InChI=1S/C19H28N6O2/c1-4-15(2)22-19(20-8-7-17-6-5-11-27-17)24-9-10-25(18(26)14-24)16-12-21-23(3)13-16/h5-6,11-13,15H,4,7-10,14H2,1-3H3,(H,20,22). The summed E-state index contributed by atoms with van der Waals surface area (Å²) in [6, 6.07) is 4.13. The van der Waals surface area contributed by atoms with Gasteiger partial charge in [0.25, 0.3) is 0 Å². The third-order valence-electron chi connectivity index (χ3n) is 4.71. The van der Waals surface area contributed by atoms with Gasteiger partial charge in [0.1, 0.15) is 12.3 Å². The van der Waals surface area contributed by atoms with Crippen LogP contribution in [0, 0.1) is 0 Å². The fourth-order valence-corrected chi connectivity index (χ4v) is 2.96. The van der Waals surface area contributed by atoms with E-state index in [0.29, 0.717) is 25.7 Å². The second kappa shape index (κ2) is 8.75. The van der Waals surface area contributed by atoms with Gasteiger partial charge in [0.2, 0.25) is 5.91 Å². The Balaban J connectivity index is 1.66. The third-order valence-corrected chi connectivity index (χ3v) is 4.71. The van der Waals surface area contributed by atoms with Crippen LogP contribution in [-0.4, -0.2) is 58.8 Å². The molecular weight excluding hydrogens is 344 g/mol. The number of carbonyl (C=O) groups is 1. The van der Waals surface area contributed by atoms with E-state index in [9.17, 15) is 4.79 Å². The smallest absolute Gasteiger partial charge is 0.246 e. The van der Waals surface area contributed by atoms with E-state index in [1.807, 2.05) is 30.3 Å².